The van der Waals surface area contributed by atoms with Crippen LogP contribution in [0.15, 0.2) is 38.8 Å². The molecule has 0 unspecified atom stereocenters. The first-order valence-corrected chi connectivity index (χ1v) is 7.15. The quantitative estimate of drug-likeness (QED) is 0.652. The van der Waals surface area contributed by atoms with E-state index in [0.717, 1.165) is 0 Å². The van der Waals surface area contributed by atoms with Crippen molar-refractivity contribution in [3.8, 4) is 0 Å². The van der Waals surface area contributed by atoms with Gasteiger partial charge in [-0.25, -0.2) is 5.43 Å². The van der Waals surface area contributed by atoms with Crippen molar-refractivity contribution < 1.29 is 14.9 Å². The number of carbonyl (C=O) groups is 1. The lowest BCUT2D eigenvalue weighted by Gasteiger charge is -2.09. The summed E-state index contributed by atoms with van der Waals surface area (Å²) in [6, 6.07) is 4.38. The van der Waals surface area contributed by atoms with Crippen molar-refractivity contribution >= 4 is 34.7 Å². The molecule has 7 heteroatoms. The lowest BCUT2D eigenvalue weighted by atomic mass is 10.1. The van der Waals surface area contributed by atoms with Gasteiger partial charge >= 0.3 is 0 Å². The van der Waals surface area contributed by atoms with Gasteiger partial charge in [0.2, 0.25) is 5.43 Å². The molecular weight excluding hydrogens is 306 g/mol. The summed E-state index contributed by atoms with van der Waals surface area (Å²) in [6.45, 7) is 3.78. The molecule has 0 bridgehead atoms. The molecule has 1 aromatic heterocycles. The predicted molar refractivity (Wildman–Crippen MR) is 84.7 cm³/mol. The van der Waals surface area contributed by atoms with Crippen molar-refractivity contribution in [2.45, 2.75) is 19.9 Å². The summed E-state index contributed by atoms with van der Waals surface area (Å²) >= 11 is 5.88. The maximum atomic E-state index is 12.3. The molecule has 0 fully saturated rings. The minimum Gasteiger partial charge on any atom is -0.463 e. The standard InChI is InChI=1S/C15H16ClN3O3/c1-8(2)13(17)15(21)19-18-6-9-7-22-12-4-3-10(16)5-11(12)14(9)20/h3-8,13H,17H2,1-2H3,(H,19,21)/p+1/b18-6-/t13-/m0/s1. The second-order valence-corrected chi connectivity index (χ2v) is 5.68. The van der Waals surface area contributed by atoms with Crippen LogP contribution < -0.4 is 16.6 Å². The molecule has 0 aliphatic rings. The highest BCUT2D eigenvalue weighted by molar-refractivity contribution is 6.31. The summed E-state index contributed by atoms with van der Waals surface area (Å²) in [5, 5.41) is 4.58. The number of hydrogen-bond acceptors (Lipinski definition) is 4. The van der Waals surface area contributed by atoms with Gasteiger partial charge < -0.3 is 10.2 Å². The Bertz CT molecular complexity index is 783. The van der Waals surface area contributed by atoms with Crippen molar-refractivity contribution in [1.82, 2.24) is 5.43 Å². The Morgan fingerprint density at radius 2 is 2.18 bits per heavy atom. The fourth-order valence-corrected chi connectivity index (χ4v) is 1.93. The molecule has 1 heterocycles. The minimum atomic E-state index is -0.413. The van der Waals surface area contributed by atoms with Gasteiger partial charge in [-0.05, 0) is 18.2 Å². The van der Waals surface area contributed by atoms with E-state index < -0.39 is 6.04 Å². The Kier molecular flexibility index (Phi) is 4.95. The van der Waals surface area contributed by atoms with Crippen LogP contribution in [0.4, 0.5) is 0 Å². The Labute approximate surface area is 131 Å². The fraction of sp³-hybridized carbons (Fsp3) is 0.267. The molecule has 22 heavy (non-hydrogen) atoms. The lowest BCUT2D eigenvalue weighted by Crippen LogP contribution is -2.69. The van der Waals surface area contributed by atoms with E-state index in [2.05, 4.69) is 16.3 Å². The van der Waals surface area contributed by atoms with Crippen LogP contribution >= 0.6 is 11.6 Å². The van der Waals surface area contributed by atoms with Gasteiger partial charge in [0.1, 0.15) is 11.8 Å². The van der Waals surface area contributed by atoms with Crippen LogP contribution in [0.25, 0.3) is 11.0 Å². The summed E-state index contributed by atoms with van der Waals surface area (Å²) in [4.78, 5) is 24.0. The molecule has 0 saturated carbocycles. The Hall–Kier alpha value is -2.18. The van der Waals surface area contributed by atoms with Gasteiger partial charge in [0.25, 0.3) is 5.91 Å². The molecular formula is C15H17ClN3O3+. The van der Waals surface area contributed by atoms with Crippen molar-refractivity contribution in [1.29, 1.82) is 0 Å². The molecule has 0 saturated heterocycles. The maximum Gasteiger partial charge on any atom is 0.298 e. The number of benzene rings is 1. The average Bonchev–Trinajstić information content (AvgIpc) is 2.49. The van der Waals surface area contributed by atoms with Crippen LogP contribution in [-0.2, 0) is 4.79 Å². The first-order chi connectivity index (χ1) is 10.4. The van der Waals surface area contributed by atoms with Gasteiger partial charge in [0.05, 0.1) is 17.2 Å². The number of hydrogen-bond donors (Lipinski definition) is 2. The van der Waals surface area contributed by atoms with Gasteiger partial charge in [-0.1, -0.05) is 25.4 Å². The number of hydrazone groups is 1. The first kappa shape index (κ1) is 16.2. The Morgan fingerprint density at radius 3 is 2.86 bits per heavy atom. The molecule has 116 valence electrons. The van der Waals surface area contributed by atoms with E-state index >= 15 is 0 Å². The Balaban J connectivity index is 2.22. The zero-order valence-corrected chi connectivity index (χ0v) is 13.1. The SMILES string of the molecule is CC(C)[C@H]([NH3+])C(=O)N/N=C\c1coc2ccc(Cl)cc2c1=O. The maximum absolute atomic E-state index is 12.3. The molecule has 1 amide bonds. The van der Waals surface area contributed by atoms with Gasteiger partial charge in [0, 0.05) is 10.9 Å². The number of quaternary nitrogens is 1. The molecule has 0 radical (unpaired) electrons. The molecule has 6 nitrogen and oxygen atoms in total. The third kappa shape index (κ3) is 3.52. The summed E-state index contributed by atoms with van der Waals surface area (Å²) in [7, 11) is 0. The highest BCUT2D eigenvalue weighted by Crippen LogP contribution is 2.16. The Morgan fingerprint density at radius 1 is 1.45 bits per heavy atom. The van der Waals surface area contributed by atoms with Crippen LogP contribution in [0.1, 0.15) is 19.4 Å². The van der Waals surface area contributed by atoms with Crippen LogP contribution in [0.5, 0.6) is 0 Å². The lowest BCUT2D eigenvalue weighted by molar-refractivity contribution is -0.414. The highest BCUT2D eigenvalue weighted by atomic mass is 35.5. The molecule has 1 atom stereocenters. The van der Waals surface area contributed by atoms with Crippen molar-refractivity contribution in [2.75, 3.05) is 0 Å². The smallest absolute Gasteiger partial charge is 0.298 e. The van der Waals surface area contributed by atoms with E-state index in [0.29, 0.717) is 16.0 Å². The van der Waals surface area contributed by atoms with Gasteiger partial charge in [0.15, 0.2) is 6.04 Å². The molecule has 2 aromatic rings. The van der Waals surface area contributed by atoms with E-state index in [4.69, 9.17) is 16.0 Å². The number of amides is 1. The van der Waals surface area contributed by atoms with Crippen LogP contribution in [-0.4, -0.2) is 18.2 Å². The van der Waals surface area contributed by atoms with Crippen molar-refractivity contribution in [3.05, 3.63) is 45.3 Å². The summed E-state index contributed by atoms with van der Waals surface area (Å²) < 4.78 is 5.35. The zero-order chi connectivity index (χ0) is 16.3. The number of rotatable bonds is 4. The summed E-state index contributed by atoms with van der Waals surface area (Å²) in [5.41, 5.74) is 6.50. The van der Waals surface area contributed by atoms with Crippen LogP contribution in [0, 0.1) is 5.92 Å². The number of carbonyl (C=O) groups excluding carboxylic acids is 1. The number of halogens is 1. The fourth-order valence-electron chi connectivity index (χ4n) is 1.76. The van der Waals surface area contributed by atoms with E-state index in [9.17, 15) is 9.59 Å². The van der Waals surface area contributed by atoms with E-state index in [1.807, 2.05) is 13.8 Å². The number of nitrogens with zero attached hydrogens (tertiary/aromatic N) is 1. The van der Waals surface area contributed by atoms with Crippen LogP contribution in [0.2, 0.25) is 5.02 Å². The van der Waals surface area contributed by atoms with Crippen LogP contribution in [0.3, 0.4) is 0 Å². The monoisotopic (exact) mass is 322 g/mol. The number of fused-ring (bicyclic) bond motifs is 1. The van der Waals surface area contributed by atoms with Gasteiger partial charge in [-0.3, -0.25) is 9.59 Å². The normalized spacial score (nSPS) is 13.0. The topological polar surface area (TPSA) is 99.3 Å². The summed E-state index contributed by atoms with van der Waals surface area (Å²) in [6.07, 6.45) is 2.54. The second kappa shape index (κ2) is 6.72. The molecule has 2 rings (SSSR count). The largest absolute Gasteiger partial charge is 0.463 e. The first-order valence-electron chi connectivity index (χ1n) is 6.77. The van der Waals surface area contributed by atoms with Crippen molar-refractivity contribution in [2.24, 2.45) is 11.0 Å². The van der Waals surface area contributed by atoms with Gasteiger partial charge in [-0.15, -0.1) is 0 Å². The molecule has 0 spiro atoms. The van der Waals surface area contributed by atoms with E-state index in [1.54, 1.807) is 12.1 Å². The van der Waals surface area contributed by atoms with Crippen molar-refractivity contribution in [3.63, 3.8) is 0 Å². The average molecular weight is 323 g/mol. The number of nitrogens with one attached hydrogen (secondary N) is 1. The molecule has 4 N–H and O–H groups in total. The highest BCUT2D eigenvalue weighted by Gasteiger charge is 2.20. The second-order valence-electron chi connectivity index (χ2n) is 5.25. The summed E-state index contributed by atoms with van der Waals surface area (Å²) in [5.74, 6) is -0.206. The third-order valence-electron chi connectivity index (χ3n) is 3.28. The molecule has 0 aliphatic heterocycles. The molecule has 1 aromatic carbocycles. The minimum absolute atomic E-state index is 0.100. The third-order valence-corrected chi connectivity index (χ3v) is 3.52. The zero-order valence-electron chi connectivity index (χ0n) is 12.3. The molecule has 0 aliphatic carbocycles. The predicted octanol–water partition coefficient (Wildman–Crippen LogP) is 1.16. The van der Waals surface area contributed by atoms with E-state index in [-0.39, 0.29) is 22.8 Å². The van der Waals surface area contributed by atoms with E-state index in [1.165, 1.54) is 18.5 Å². The van der Waals surface area contributed by atoms with Gasteiger partial charge in [-0.2, -0.15) is 5.10 Å².